The molecule has 162 valence electrons. The lowest BCUT2D eigenvalue weighted by Gasteiger charge is -2.13. The Balaban J connectivity index is 1.64. The smallest absolute Gasteiger partial charge is 0.416 e. The average Bonchev–Trinajstić information content (AvgIpc) is 3.17. The molecule has 1 heterocycles. The first kappa shape index (κ1) is 22.3. The van der Waals surface area contributed by atoms with E-state index in [9.17, 15) is 31.5 Å². The second-order valence-electron chi connectivity index (χ2n) is 6.28. The van der Waals surface area contributed by atoms with E-state index in [2.05, 4.69) is 10.3 Å². The summed E-state index contributed by atoms with van der Waals surface area (Å²) in [7, 11) is 0. The number of rotatable bonds is 5. The van der Waals surface area contributed by atoms with Gasteiger partial charge in [0.25, 0.3) is 5.91 Å². The highest BCUT2D eigenvalue weighted by molar-refractivity contribution is 7.14. The van der Waals surface area contributed by atoms with E-state index < -0.39 is 41.4 Å². The van der Waals surface area contributed by atoms with Crippen LogP contribution in [0, 0.1) is 11.6 Å². The molecule has 0 saturated heterocycles. The Morgan fingerprint density at radius 3 is 2.52 bits per heavy atom. The Labute approximate surface area is 176 Å². The molecule has 0 fully saturated rings. The summed E-state index contributed by atoms with van der Waals surface area (Å²) in [5.41, 5.74) is -0.802. The van der Waals surface area contributed by atoms with Gasteiger partial charge in [0.1, 0.15) is 0 Å². The zero-order chi connectivity index (χ0) is 22.8. The van der Waals surface area contributed by atoms with Crippen molar-refractivity contribution in [2.45, 2.75) is 19.2 Å². The molecule has 0 saturated carbocycles. The molecular weight excluding hydrogens is 443 g/mol. The Morgan fingerprint density at radius 2 is 1.84 bits per heavy atom. The number of hydrogen-bond acceptors (Lipinski definition) is 5. The molecule has 0 bridgehead atoms. The fourth-order valence-electron chi connectivity index (χ4n) is 2.43. The molecule has 0 spiro atoms. The van der Waals surface area contributed by atoms with Crippen molar-refractivity contribution < 1.29 is 36.3 Å². The highest BCUT2D eigenvalue weighted by Crippen LogP contribution is 2.30. The van der Waals surface area contributed by atoms with Gasteiger partial charge in [-0.2, -0.15) is 13.2 Å². The van der Waals surface area contributed by atoms with E-state index in [1.54, 1.807) is 0 Å². The number of nitrogens with zero attached hydrogens (tertiary/aromatic N) is 1. The summed E-state index contributed by atoms with van der Waals surface area (Å²) in [6.45, 7) is 1.24. The normalized spacial score (nSPS) is 12.3. The lowest BCUT2D eigenvalue weighted by molar-refractivity contribution is -0.137. The summed E-state index contributed by atoms with van der Waals surface area (Å²) in [4.78, 5) is 28.4. The van der Waals surface area contributed by atoms with Gasteiger partial charge in [0.05, 0.1) is 16.8 Å². The van der Waals surface area contributed by atoms with Gasteiger partial charge in [-0.3, -0.25) is 10.1 Å². The maximum Gasteiger partial charge on any atom is 0.416 e. The average molecular weight is 456 g/mol. The lowest BCUT2D eigenvalue weighted by Crippen LogP contribution is -2.30. The van der Waals surface area contributed by atoms with Crippen LogP contribution in [0.1, 0.15) is 22.8 Å². The number of halogens is 5. The molecule has 0 aliphatic carbocycles. The van der Waals surface area contributed by atoms with Gasteiger partial charge in [-0.1, -0.05) is 6.07 Å². The van der Waals surface area contributed by atoms with Crippen LogP contribution in [0.15, 0.2) is 47.8 Å². The first-order chi connectivity index (χ1) is 14.5. The number of anilines is 1. The number of hydrogen-bond donors (Lipinski definition) is 1. The molecule has 1 N–H and O–H groups in total. The second kappa shape index (κ2) is 8.80. The van der Waals surface area contributed by atoms with Gasteiger partial charge >= 0.3 is 12.1 Å². The maximum atomic E-state index is 13.4. The predicted molar refractivity (Wildman–Crippen MR) is 102 cm³/mol. The molecule has 0 radical (unpaired) electrons. The van der Waals surface area contributed by atoms with Crippen LogP contribution in [0.3, 0.4) is 0 Å². The van der Waals surface area contributed by atoms with Crippen LogP contribution in [0.5, 0.6) is 0 Å². The van der Waals surface area contributed by atoms with Gasteiger partial charge in [-0.05, 0) is 43.3 Å². The van der Waals surface area contributed by atoms with Crippen LogP contribution >= 0.6 is 11.3 Å². The molecule has 0 unspecified atom stereocenters. The van der Waals surface area contributed by atoms with Crippen molar-refractivity contribution in [2.75, 3.05) is 5.32 Å². The minimum Gasteiger partial charge on any atom is -0.449 e. The van der Waals surface area contributed by atoms with Crippen molar-refractivity contribution in [3.63, 3.8) is 0 Å². The van der Waals surface area contributed by atoms with E-state index in [4.69, 9.17) is 4.74 Å². The summed E-state index contributed by atoms with van der Waals surface area (Å²) >= 11 is 0.995. The number of carbonyl (C=O) groups is 2. The molecule has 0 aliphatic rings. The zero-order valence-electron chi connectivity index (χ0n) is 15.7. The van der Waals surface area contributed by atoms with Crippen LogP contribution in [0.4, 0.5) is 27.1 Å². The highest BCUT2D eigenvalue weighted by Gasteiger charge is 2.31. The van der Waals surface area contributed by atoms with Crippen molar-refractivity contribution in [3.8, 4) is 11.3 Å². The van der Waals surface area contributed by atoms with Crippen LogP contribution in [0.2, 0.25) is 0 Å². The number of thiazole rings is 1. The summed E-state index contributed by atoms with van der Waals surface area (Å²) in [5, 5.41) is 4.00. The minimum atomic E-state index is -4.63. The van der Waals surface area contributed by atoms with Crippen LogP contribution < -0.4 is 5.32 Å². The van der Waals surface area contributed by atoms with E-state index >= 15 is 0 Å². The SMILES string of the molecule is C[C@@H](OC(=O)c1cccc(C(F)(F)F)c1)C(=O)Nc1nc(-c2ccc(F)c(F)c2)cs1. The Hall–Kier alpha value is -3.34. The first-order valence-corrected chi connectivity index (χ1v) is 9.52. The third kappa shape index (κ3) is 5.43. The molecule has 31 heavy (non-hydrogen) atoms. The van der Waals surface area contributed by atoms with E-state index in [1.807, 2.05) is 0 Å². The van der Waals surface area contributed by atoms with Gasteiger partial charge in [0.15, 0.2) is 22.9 Å². The fourth-order valence-corrected chi connectivity index (χ4v) is 3.15. The number of esters is 1. The highest BCUT2D eigenvalue weighted by atomic mass is 32.1. The molecule has 3 aromatic rings. The molecule has 0 aliphatic heterocycles. The summed E-state index contributed by atoms with van der Waals surface area (Å²) in [6, 6.07) is 6.84. The van der Waals surface area contributed by atoms with Gasteiger partial charge in [-0.25, -0.2) is 18.6 Å². The van der Waals surface area contributed by atoms with Gasteiger partial charge < -0.3 is 4.74 Å². The Bertz CT molecular complexity index is 1130. The number of benzene rings is 2. The zero-order valence-corrected chi connectivity index (χ0v) is 16.5. The fraction of sp³-hybridized carbons (Fsp3) is 0.150. The molecule has 2 aromatic carbocycles. The van der Waals surface area contributed by atoms with Crippen molar-refractivity contribution in [1.29, 1.82) is 0 Å². The molecule has 11 heteroatoms. The maximum absolute atomic E-state index is 13.4. The quantitative estimate of drug-likeness (QED) is 0.419. The minimum absolute atomic E-state index is 0.103. The van der Waals surface area contributed by atoms with Gasteiger partial charge in [-0.15, -0.1) is 11.3 Å². The summed E-state index contributed by atoms with van der Waals surface area (Å²) in [6.07, 6.45) is -5.97. The third-order valence-electron chi connectivity index (χ3n) is 4.03. The molecule has 1 amide bonds. The Kier molecular flexibility index (Phi) is 6.34. The second-order valence-corrected chi connectivity index (χ2v) is 7.14. The molecule has 1 aromatic heterocycles. The van der Waals surface area contributed by atoms with E-state index in [-0.39, 0.29) is 16.4 Å². The van der Waals surface area contributed by atoms with Crippen LogP contribution in [0.25, 0.3) is 11.3 Å². The topological polar surface area (TPSA) is 68.3 Å². The standard InChI is InChI=1S/C20H13F5N2O3S/c1-10(30-18(29)12-3-2-4-13(7-12)20(23,24)25)17(28)27-19-26-16(9-31-19)11-5-6-14(21)15(22)8-11/h2-10H,1H3,(H,26,27,28)/t10-/m1/s1. The van der Waals surface area contributed by atoms with Gasteiger partial charge in [0.2, 0.25) is 0 Å². The number of alkyl halides is 3. The number of carbonyl (C=O) groups excluding carboxylic acids is 2. The number of ether oxygens (including phenoxy) is 1. The largest absolute Gasteiger partial charge is 0.449 e. The predicted octanol–water partition coefficient (Wildman–Crippen LogP) is 5.29. The van der Waals surface area contributed by atoms with Crippen molar-refractivity contribution in [1.82, 2.24) is 4.98 Å². The van der Waals surface area contributed by atoms with Gasteiger partial charge in [0, 0.05) is 10.9 Å². The van der Waals surface area contributed by atoms with Crippen molar-refractivity contribution in [3.05, 3.63) is 70.6 Å². The van der Waals surface area contributed by atoms with E-state index in [0.29, 0.717) is 11.6 Å². The van der Waals surface area contributed by atoms with Crippen LogP contribution in [-0.4, -0.2) is 23.0 Å². The lowest BCUT2D eigenvalue weighted by atomic mass is 10.1. The summed E-state index contributed by atoms with van der Waals surface area (Å²) < 4.78 is 69.6. The number of aromatic nitrogens is 1. The monoisotopic (exact) mass is 456 g/mol. The van der Waals surface area contributed by atoms with Crippen molar-refractivity contribution in [2.24, 2.45) is 0 Å². The van der Waals surface area contributed by atoms with E-state index in [0.717, 1.165) is 41.7 Å². The molecular formula is C20H13F5N2O3S. The third-order valence-corrected chi connectivity index (χ3v) is 4.79. The molecule has 3 rings (SSSR count). The molecule has 5 nitrogen and oxygen atoms in total. The van der Waals surface area contributed by atoms with E-state index in [1.165, 1.54) is 18.4 Å². The number of nitrogens with one attached hydrogen (secondary N) is 1. The summed E-state index contributed by atoms with van der Waals surface area (Å²) in [5.74, 6) is -3.93. The Morgan fingerprint density at radius 1 is 1.10 bits per heavy atom. The first-order valence-electron chi connectivity index (χ1n) is 8.64. The molecule has 1 atom stereocenters. The van der Waals surface area contributed by atoms with Crippen LogP contribution in [-0.2, 0) is 15.7 Å². The van der Waals surface area contributed by atoms with Crippen molar-refractivity contribution >= 4 is 28.3 Å². The number of amides is 1.